The number of aromatic nitrogens is 1. The van der Waals surface area contributed by atoms with Gasteiger partial charge in [-0.05, 0) is 74.4 Å². The molecule has 33 heavy (non-hydrogen) atoms. The first-order chi connectivity index (χ1) is 16.0. The van der Waals surface area contributed by atoms with Gasteiger partial charge in [0.2, 0.25) is 0 Å². The molecule has 0 aliphatic carbocycles. The average molecular weight is 474 g/mol. The van der Waals surface area contributed by atoms with Crippen molar-refractivity contribution in [1.29, 1.82) is 0 Å². The summed E-state index contributed by atoms with van der Waals surface area (Å²) in [4.78, 5) is 19.3. The van der Waals surface area contributed by atoms with Crippen LogP contribution in [0.15, 0.2) is 36.5 Å². The zero-order valence-electron chi connectivity index (χ0n) is 19.0. The lowest BCUT2D eigenvalue weighted by Crippen LogP contribution is -2.42. The third-order valence-corrected chi connectivity index (χ3v) is 6.71. The van der Waals surface area contributed by atoms with E-state index in [1.54, 1.807) is 12.3 Å². The Morgan fingerprint density at radius 1 is 1.27 bits per heavy atom. The Morgan fingerprint density at radius 3 is 2.76 bits per heavy atom. The molecule has 0 spiro atoms. The topological polar surface area (TPSA) is 83.9 Å². The molecule has 2 N–H and O–H groups in total. The smallest absolute Gasteiger partial charge is 0.251 e. The van der Waals surface area contributed by atoms with E-state index in [4.69, 9.17) is 21.1 Å². The summed E-state index contributed by atoms with van der Waals surface area (Å²) in [6, 6.07) is 9.03. The summed E-state index contributed by atoms with van der Waals surface area (Å²) in [5, 5.41) is 13.3. The molecule has 4 rings (SSSR count). The zero-order chi connectivity index (χ0) is 23.2. The number of carbonyl (C=O) groups excluding carboxylic acids is 1. The van der Waals surface area contributed by atoms with E-state index in [-0.39, 0.29) is 18.6 Å². The minimum atomic E-state index is -0.654. The van der Waals surface area contributed by atoms with Gasteiger partial charge in [0, 0.05) is 24.8 Å². The zero-order valence-corrected chi connectivity index (χ0v) is 19.8. The van der Waals surface area contributed by atoms with Crippen molar-refractivity contribution in [2.75, 3.05) is 37.8 Å². The number of piperidine rings is 1. The monoisotopic (exact) mass is 473 g/mol. The molecule has 3 heterocycles. The van der Waals surface area contributed by atoms with Crippen molar-refractivity contribution in [3.05, 3.63) is 52.7 Å². The minimum absolute atomic E-state index is 0.200. The Morgan fingerprint density at radius 2 is 2.09 bits per heavy atom. The number of nitrogens with zero attached hydrogens (tertiary/aromatic N) is 2. The van der Waals surface area contributed by atoms with Gasteiger partial charge in [-0.25, -0.2) is 4.98 Å². The molecule has 2 atom stereocenters. The number of hydrogen-bond acceptors (Lipinski definition) is 6. The number of nitrogens with one attached hydrogen (secondary N) is 1. The Bertz CT molecular complexity index is 932. The average Bonchev–Trinajstić information content (AvgIpc) is 3.22. The summed E-state index contributed by atoms with van der Waals surface area (Å²) >= 11 is 5.93. The highest BCUT2D eigenvalue weighted by Gasteiger charge is 2.28. The Labute approximate surface area is 200 Å². The van der Waals surface area contributed by atoms with Crippen LogP contribution in [0.25, 0.3) is 0 Å². The van der Waals surface area contributed by atoms with Crippen LogP contribution in [0.1, 0.15) is 41.6 Å². The number of pyridine rings is 1. The number of benzene rings is 1. The van der Waals surface area contributed by atoms with Crippen LogP contribution in [0.5, 0.6) is 5.75 Å². The summed E-state index contributed by atoms with van der Waals surface area (Å²) in [6.07, 6.45) is 5.52. The van der Waals surface area contributed by atoms with Gasteiger partial charge in [-0.2, -0.15) is 0 Å². The second kappa shape index (κ2) is 11.2. The van der Waals surface area contributed by atoms with E-state index < -0.39 is 6.10 Å². The number of amides is 1. The predicted molar refractivity (Wildman–Crippen MR) is 128 cm³/mol. The summed E-state index contributed by atoms with van der Waals surface area (Å²) in [7, 11) is 0. The van der Waals surface area contributed by atoms with E-state index in [0.717, 1.165) is 55.9 Å². The lowest BCUT2D eigenvalue weighted by molar-refractivity contribution is 0.0885. The van der Waals surface area contributed by atoms with E-state index in [1.807, 2.05) is 31.2 Å². The second-order valence-electron chi connectivity index (χ2n) is 8.92. The molecule has 1 amide bonds. The van der Waals surface area contributed by atoms with Crippen LogP contribution in [0.2, 0.25) is 5.02 Å². The van der Waals surface area contributed by atoms with Crippen molar-refractivity contribution in [2.45, 2.75) is 44.8 Å². The van der Waals surface area contributed by atoms with Crippen LogP contribution in [-0.4, -0.2) is 61.1 Å². The number of carbonyl (C=O) groups is 1. The van der Waals surface area contributed by atoms with Gasteiger partial charge in [-0.3, -0.25) is 4.79 Å². The molecule has 0 bridgehead atoms. The van der Waals surface area contributed by atoms with Crippen molar-refractivity contribution in [2.24, 2.45) is 5.92 Å². The molecule has 8 heteroatoms. The molecular formula is C25H32ClN3O4. The van der Waals surface area contributed by atoms with Gasteiger partial charge in [0.15, 0.2) is 0 Å². The van der Waals surface area contributed by atoms with Gasteiger partial charge in [0.05, 0.1) is 37.0 Å². The standard InChI is InChI=1S/C25H32ClN3O4/c1-17-13-20(5-6-21(17)25(31)28-22-15-32-16-23(22)30)33-12-2-3-18-8-10-29(11-9-18)24-7-4-19(26)14-27-24/h4-7,13-14,18,22-23,30H,2-3,8-12,15-16H2,1H3,(H,28,31)/t22-,23-/m0/s1. The molecular weight excluding hydrogens is 442 g/mol. The Balaban J connectivity index is 1.17. The molecule has 0 unspecified atom stereocenters. The highest BCUT2D eigenvalue weighted by atomic mass is 35.5. The van der Waals surface area contributed by atoms with E-state index >= 15 is 0 Å². The van der Waals surface area contributed by atoms with Crippen LogP contribution in [0, 0.1) is 12.8 Å². The molecule has 7 nitrogen and oxygen atoms in total. The van der Waals surface area contributed by atoms with Gasteiger partial charge >= 0.3 is 0 Å². The number of aryl methyl sites for hydroxylation is 1. The Kier molecular flexibility index (Phi) is 8.06. The van der Waals surface area contributed by atoms with E-state index in [0.29, 0.717) is 29.7 Å². The second-order valence-corrected chi connectivity index (χ2v) is 9.35. The molecule has 1 aromatic carbocycles. The lowest BCUT2D eigenvalue weighted by Gasteiger charge is -2.32. The number of ether oxygens (including phenoxy) is 2. The summed E-state index contributed by atoms with van der Waals surface area (Å²) < 4.78 is 11.1. The number of aliphatic hydroxyl groups is 1. The molecule has 2 fully saturated rings. The number of rotatable bonds is 8. The minimum Gasteiger partial charge on any atom is -0.494 e. The van der Waals surface area contributed by atoms with Crippen molar-refractivity contribution in [1.82, 2.24) is 10.3 Å². The van der Waals surface area contributed by atoms with Gasteiger partial charge < -0.3 is 24.8 Å². The van der Waals surface area contributed by atoms with Gasteiger partial charge in [-0.15, -0.1) is 0 Å². The molecule has 178 valence electrons. The maximum Gasteiger partial charge on any atom is 0.251 e. The van der Waals surface area contributed by atoms with Crippen LogP contribution in [-0.2, 0) is 4.74 Å². The van der Waals surface area contributed by atoms with E-state index in [1.165, 1.54) is 0 Å². The molecule has 2 aliphatic heterocycles. The maximum absolute atomic E-state index is 12.5. The molecule has 2 aromatic rings. The van der Waals surface area contributed by atoms with Crippen LogP contribution < -0.4 is 15.0 Å². The fourth-order valence-electron chi connectivity index (χ4n) is 4.48. The summed E-state index contributed by atoms with van der Waals surface area (Å²) in [5.41, 5.74) is 1.44. The van der Waals surface area contributed by atoms with E-state index in [2.05, 4.69) is 15.2 Å². The highest BCUT2D eigenvalue weighted by molar-refractivity contribution is 6.30. The summed E-state index contributed by atoms with van der Waals surface area (Å²) in [5.74, 6) is 2.28. The molecule has 0 saturated carbocycles. The molecule has 2 aliphatic rings. The predicted octanol–water partition coefficient (Wildman–Crippen LogP) is 3.61. The van der Waals surface area contributed by atoms with Gasteiger partial charge in [0.1, 0.15) is 11.6 Å². The van der Waals surface area contributed by atoms with Crippen molar-refractivity contribution < 1.29 is 19.4 Å². The fourth-order valence-corrected chi connectivity index (χ4v) is 4.59. The normalized spacial score (nSPS) is 21.2. The first-order valence-electron chi connectivity index (χ1n) is 11.7. The first kappa shape index (κ1) is 23.8. The highest BCUT2D eigenvalue weighted by Crippen LogP contribution is 2.26. The largest absolute Gasteiger partial charge is 0.494 e. The third-order valence-electron chi connectivity index (χ3n) is 6.49. The number of halogens is 1. The number of anilines is 1. The lowest BCUT2D eigenvalue weighted by atomic mass is 9.92. The quantitative estimate of drug-likeness (QED) is 0.570. The maximum atomic E-state index is 12.5. The van der Waals surface area contributed by atoms with Gasteiger partial charge in [-0.1, -0.05) is 11.6 Å². The third kappa shape index (κ3) is 6.37. The van der Waals surface area contributed by atoms with Crippen molar-refractivity contribution >= 4 is 23.3 Å². The summed E-state index contributed by atoms with van der Waals surface area (Å²) in [6.45, 7) is 5.20. The van der Waals surface area contributed by atoms with Crippen molar-refractivity contribution in [3.63, 3.8) is 0 Å². The number of hydrogen-bond donors (Lipinski definition) is 2. The number of aliphatic hydroxyl groups excluding tert-OH is 1. The molecule has 0 radical (unpaired) electrons. The molecule has 2 saturated heterocycles. The van der Waals surface area contributed by atoms with Gasteiger partial charge in [0.25, 0.3) is 5.91 Å². The van der Waals surface area contributed by atoms with Crippen LogP contribution >= 0.6 is 11.6 Å². The van der Waals surface area contributed by atoms with Crippen molar-refractivity contribution in [3.8, 4) is 5.75 Å². The SMILES string of the molecule is Cc1cc(OCCCC2CCN(c3ccc(Cl)cn3)CC2)ccc1C(=O)N[C@H]1COC[C@@H]1O. The molecule has 1 aromatic heterocycles. The fraction of sp³-hybridized carbons (Fsp3) is 0.520. The Hall–Kier alpha value is -2.35. The first-order valence-corrected chi connectivity index (χ1v) is 12.0. The van der Waals surface area contributed by atoms with E-state index in [9.17, 15) is 9.90 Å². The van der Waals surface area contributed by atoms with Crippen LogP contribution in [0.3, 0.4) is 0 Å². The van der Waals surface area contributed by atoms with Crippen LogP contribution in [0.4, 0.5) is 5.82 Å².